The Labute approximate surface area is 140 Å². The van der Waals surface area contributed by atoms with Crippen LogP contribution in [0.1, 0.15) is 13.3 Å². The van der Waals surface area contributed by atoms with Crippen molar-refractivity contribution in [1.29, 1.82) is 0 Å². The lowest BCUT2D eigenvalue weighted by Crippen LogP contribution is -2.52. The number of guanidine groups is 1. The molecule has 0 unspecified atom stereocenters. The maximum atomic E-state index is 12.1. The summed E-state index contributed by atoms with van der Waals surface area (Å²) < 4.78 is 0. The smallest absolute Gasteiger partial charge is 0.296 e. The van der Waals surface area contributed by atoms with Crippen LogP contribution < -0.4 is 5.32 Å². The summed E-state index contributed by atoms with van der Waals surface area (Å²) in [6, 6.07) is 0. The number of allylic oxidation sites excluding steroid dienone is 5. The Morgan fingerprint density at radius 2 is 2.09 bits per heavy atom. The number of aliphatic imine (C=N–C) groups is 1. The molecule has 1 saturated heterocycles. The van der Waals surface area contributed by atoms with E-state index in [-0.39, 0.29) is 11.8 Å². The summed E-state index contributed by atoms with van der Waals surface area (Å²) in [4.78, 5) is 32.1. The van der Waals surface area contributed by atoms with Crippen molar-refractivity contribution in [3.05, 3.63) is 35.6 Å². The molecule has 0 aromatic rings. The molecule has 0 radical (unpaired) electrons. The average molecular weight is 330 g/mol. The molecule has 2 aliphatic heterocycles. The summed E-state index contributed by atoms with van der Waals surface area (Å²) in [5, 5.41) is 3.08. The number of carbonyl (C=O) groups excluding carboxylic acids is 2. The van der Waals surface area contributed by atoms with Gasteiger partial charge in [0, 0.05) is 44.4 Å². The summed E-state index contributed by atoms with van der Waals surface area (Å²) in [6.45, 7) is 4.19. The van der Waals surface area contributed by atoms with Crippen molar-refractivity contribution < 1.29 is 9.59 Å². The zero-order chi connectivity index (χ0) is 16.4. The molecule has 0 saturated carbocycles. The van der Waals surface area contributed by atoms with Crippen LogP contribution in [0.4, 0.5) is 0 Å². The number of nitrogens with zero attached hydrogens (tertiary/aromatic N) is 3. The van der Waals surface area contributed by atoms with Crippen LogP contribution in [-0.4, -0.2) is 58.6 Å². The normalized spacial score (nSPS) is 23.1. The van der Waals surface area contributed by atoms with Gasteiger partial charge in [0.15, 0.2) is 0 Å². The van der Waals surface area contributed by atoms with E-state index in [2.05, 4.69) is 10.3 Å². The Morgan fingerprint density at radius 1 is 1.35 bits per heavy atom. The first kappa shape index (κ1) is 15.6. The molecule has 2 amide bonds. The summed E-state index contributed by atoms with van der Waals surface area (Å²) in [7, 11) is 0. The number of hydrogen-bond donors (Lipinski definition) is 1. The molecule has 23 heavy (non-hydrogen) atoms. The van der Waals surface area contributed by atoms with Gasteiger partial charge in [-0.25, -0.2) is 0 Å². The predicted octanol–water partition coefficient (Wildman–Crippen LogP) is 0.776. The highest BCUT2D eigenvalue weighted by atomic mass is 32.1. The molecule has 1 aliphatic carbocycles. The number of carbonyl (C=O) groups is 2. The first-order chi connectivity index (χ1) is 11.0. The predicted molar refractivity (Wildman–Crippen MR) is 91.9 cm³/mol. The fourth-order valence-corrected chi connectivity index (χ4v) is 2.93. The van der Waals surface area contributed by atoms with Crippen molar-refractivity contribution in [3.8, 4) is 0 Å². The van der Waals surface area contributed by atoms with Crippen molar-refractivity contribution in [2.45, 2.75) is 13.3 Å². The van der Waals surface area contributed by atoms with Gasteiger partial charge in [0.1, 0.15) is 5.70 Å². The van der Waals surface area contributed by atoms with Crippen molar-refractivity contribution >= 4 is 34.9 Å². The molecule has 1 N–H and O–H groups in total. The first-order valence-electron chi connectivity index (χ1n) is 7.56. The lowest BCUT2D eigenvalue weighted by Gasteiger charge is -2.34. The Hall–Kier alpha value is -2.28. The second kappa shape index (κ2) is 6.45. The SMILES string of the molecule is CC(=O)N1CCN(C2=NC(=O)C(=CC3=CC(=S)CC=C3)N2)CC1. The van der Waals surface area contributed by atoms with E-state index >= 15 is 0 Å². The van der Waals surface area contributed by atoms with Crippen LogP contribution in [0.25, 0.3) is 0 Å². The van der Waals surface area contributed by atoms with Crippen molar-refractivity contribution in [3.63, 3.8) is 0 Å². The second-order valence-corrected chi connectivity index (χ2v) is 6.16. The zero-order valence-corrected chi connectivity index (χ0v) is 13.7. The highest BCUT2D eigenvalue weighted by molar-refractivity contribution is 7.80. The third-order valence-corrected chi connectivity index (χ3v) is 4.26. The number of rotatable bonds is 1. The van der Waals surface area contributed by atoms with Crippen LogP contribution in [0.2, 0.25) is 0 Å². The summed E-state index contributed by atoms with van der Waals surface area (Å²) >= 11 is 5.18. The highest BCUT2D eigenvalue weighted by Gasteiger charge is 2.27. The second-order valence-electron chi connectivity index (χ2n) is 5.63. The van der Waals surface area contributed by atoms with Gasteiger partial charge < -0.3 is 15.1 Å². The van der Waals surface area contributed by atoms with Crippen molar-refractivity contribution in [2.24, 2.45) is 4.99 Å². The monoisotopic (exact) mass is 330 g/mol. The fraction of sp³-hybridized carbons (Fsp3) is 0.375. The van der Waals surface area contributed by atoms with Gasteiger partial charge in [0.2, 0.25) is 11.9 Å². The minimum Gasteiger partial charge on any atom is -0.339 e. The standard InChI is InChI=1S/C16H18N4O2S/c1-11(21)19-5-7-20(8-6-19)16-17-14(15(22)18-16)10-12-3-2-4-13(23)9-12/h2-3,9-10H,4-8H2,1H3,(H,17,18,22). The van der Waals surface area contributed by atoms with Crippen molar-refractivity contribution in [2.75, 3.05) is 26.2 Å². The zero-order valence-electron chi connectivity index (χ0n) is 12.9. The number of nitrogens with one attached hydrogen (secondary N) is 1. The minimum absolute atomic E-state index is 0.0784. The molecule has 0 aromatic carbocycles. The van der Waals surface area contributed by atoms with E-state index in [0.29, 0.717) is 37.8 Å². The van der Waals surface area contributed by atoms with Gasteiger partial charge in [0.05, 0.1) is 0 Å². The maximum Gasteiger partial charge on any atom is 0.296 e. The van der Waals surface area contributed by atoms with Crippen LogP contribution in [0.3, 0.4) is 0 Å². The third-order valence-electron chi connectivity index (χ3n) is 3.98. The molecular weight excluding hydrogens is 312 g/mol. The topological polar surface area (TPSA) is 65.0 Å². The average Bonchev–Trinajstić information content (AvgIpc) is 2.88. The van der Waals surface area contributed by atoms with E-state index in [4.69, 9.17) is 12.2 Å². The molecular formula is C16H18N4O2S. The van der Waals surface area contributed by atoms with E-state index < -0.39 is 0 Å². The van der Waals surface area contributed by atoms with Gasteiger partial charge in [-0.3, -0.25) is 9.59 Å². The van der Waals surface area contributed by atoms with Gasteiger partial charge in [0.25, 0.3) is 5.91 Å². The molecule has 6 nitrogen and oxygen atoms in total. The maximum absolute atomic E-state index is 12.1. The van der Waals surface area contributed by atoms with Crippen LogP contribution in [0, 0.1) is 0 Å². The molecule has 0 aromatic heterocycles. The third kappa shape index (κ3) is 3.56. The van der Waals surface area contributed by atoms with Gasteiger partial charge >= 0.3 is 0 Å². The van der Waals surface area contributed by atoms with Crippen LogP contribution in [0.5, 0.6) is 0 Å². The van der Waals surface area contributed by atoms with Crippen LogP contribution >= 0.6 is 12.2 Å². The Morgan fingerprint density at radius 3 is 2.74 bits per heavy atom. The van der Waals surface area contributed by atoms with E-state index in [1.54, 1.807) is 17.9 Å². The number of piperazine rings is 1. The van der Waals surface area contributed by atoms with Crippen LogP contribution in [0.15, 0.2) is 40.6 Å². The summed E-state index contributed by atoms with van der Waals surface area (Å²) in [6.07, 6.45) is 8.36. The molecule has 120 valence electrons. The fourth-order valence-electron chi connectivity index (χ4n) is 2.70. The van der Waals surface area contributed by atoms with Gasteiger partial charge in [-0.2, -0.15) is 4.99 Å². The lowest BCUT2D eigenvalue weighted by atomic mass is 10.1. The van der Waals surface area contributed by atoms with E-state index in [0.717, 1.165) is 16.9 Å². The Balaban J connectivity index is 1.66. The number of amides is 2. The molecule has 0 bridgehead atoms. The van der Waals surface area contributed by atoms with Gasteiger partial charge in [-0.05, 0) is 17.7 Å². The summed E-state index contributed by atoms with van der Waals surface area (Å²) in [5.74, 6) is 0.363. The van der Waals surface area contributed by atoms with E-state index in [9.17, 15) is 9.59 Å². The molecule has 3 rings (SSSR count). The van der Waals surface area contributed by atoms with E-state index in [1.165, 1.54) is 0 Å². The molecule has 3 aliphatic rings. The number of thiocarbonyl (C=S) groups is 1. The Bertz CT molecular complexity index is 682. The van der Waals surface area contributed by atoms with Crippen LogP contribution in [-0.2, 0) is 9.59 Å². The molecule has 1 fully saturated rings. The molecule has 7 heteroatoms. The minimum atomic E-state index is -0.278. The number of hydrogen-bond acceptors (Lipinski definition) is 5. The Kier molecular flexibility index (Phi) is 4.38. The lowest BCUT2D eigenvalue weighted by molar-refractivity contribution is -0.130. The first-order valence-corrected chi connectivity index (χ1v) is 7.97. The summed E-state index contributed by atoms with van der Waals surface area (Å²) in [5.41, 5.74) is 1.35. The van der Waals surface area contributed by atoms with Gasteiger partial charge in [-0.15, -0.1) is 0 Å². The van der Waals surface area contributed by atoms with Crippen molar-refractivity contribution in [1.82, 2.24) is 15.1 Å². The van der Waals surface area contributed by atoms with Gasteiger partial charge in [-0.1, -0.05) is 24.4 Å². The quantitative estimate of drug-likeness (QED) is 0.568. The molecule has 0 spiro atoms. The molecule has 2 heterocycles. The largest absolute Gasteiger partial charge is 0.339 e. The van der Waals surface area contributed by atoms with E-state index in [1.807, 2.05) is 23.1 Å². The highest BCUT2D eigenvalue weighted by Crippen LogP contribution is 2.15. The molecule has 0 atom stereocenters.